The summed E-state index contributed by atoms with van der Waals surface area (Å²) in [5.41, 5.74) is 9.68. The van der Waals surface area contributed by atoms with E-state index >= 15 is 0 Å². The number of nitrogens with one attached hydrogen (secondary N) is 2. The Morgan fingerprint density at radius 3 is 2.54 bits per heavy atom. The molecule has 0 radical (unpaired) electrons. The van der Waals surface area contributed by atoms with Crippen molar-refractivity contribution in [3.05, 3.63) is 48.7 Å². The maximum atomic E-state index is 5.62. The molecule has 148 valence electrons. The van der Waals surface area contributed by atoms with Crippen LogP contribution in [0.5, 0.6) is 0 Å². The second-order valence-corrected chi connectivity index (χ2v) is 7.16. The molecule has 2 aromatic heterocycles. The summed E-state index contributed by atoms with van der Waals surface area (Å²) in [6, 6.07) is 14.5. The predicted molar refractivity (Wildman–Crippen MR) is 119 cm³/mol. The van der Waals surface area contributed by atoms with E-state index < -0.39 is 0 Å². The smallest absolute Gasteiger partial charge is 0.136 e. The summed E-state index contributed by atoms with van der Waals surface area (Å²) < 4.78 is 0. The van der Waals surface area contributed by atoms with Crippen molar-refractivity contribution in [2.75, 3.05) is 50.9 Å². The molecular weight excluding hydrogens is 348 g/mol. The fraction of sp³-hybridized carbons (Fsp3) is 0.364. The first-order chi connectivity index (χ1) is 13.7. The number of hydrogen-bond acceptors (Lipinski definition) is 6. The molecule has 28 heavy (non-hydrogen) atoms. The minimum absolute atomic E-state index is 0.659. The maximum absolute atomic E-state index is 5.62. The molecule has 0 unspecified atom stereocenters. The maximum Gasteiger partial charge on any atom is 0.136 e. The van der Waals surface area contributed by atoms with E-state index in [1.54, 1.807) is 0 Å². The fourth-order valence-corrected chi connectivity index (χ4v) is 3.05. The zero-order valence-electron chi connectivity index (χ0n) is 16.8. The van der Waals surface area contributed by atoms with Gasteiger partial charge in [-0.2, -0.15) is 0 Å². The number of fused-ring (bicyclic) bond motifs is 1. The molecule has 0 fully saturated rings. The highest BCUT2D eigenvalue weighted by Gasteiger charge is 2.08. The molecule has 4 N–H and O–H groups in total. The molecule has 0 bridgehead atoms. The van der Waals surface area contributed by atoms with Crippen molar-refractivity contribution < 1.29 is 0 Å². The highest BCUT2D eigenvalue weighted by molar-refractivity contribution is 5.92. The lowest BCUT2D eigenvalue weighted by Gasteiger charge is -2.12. The van der Waals surface area contributed by atoms with Gasteiger partial charge in [-0.3, -0.25) is 4.98 Å². The summed E-state index contributed by atoms with van der Waals surface area (Å²) >= 11 is 0. The summed E-state index contributed by atoms with van der Waals surface area (Å²) in [6.45, 7) is 3.50. The summed E-state index contributed by atoms with van der Waals surface area (Å²) in [5.74, 6) is 0.861. The van der Waals surface area contributed by atoms with E-state index in [4.69, 9.17) is 10.7 Å². The third kappa shape index (κ3) is 5.41. The van der Waals surface area contributed by atoms with Gasteiger partial charge in [-0.1, -0.05) is 12.1 Å². The van der Waals surface area contributed by atoms with E-state index in [0.717, 1.165) is 66.1 Å². The monoisotopic (exact) mass is 378 g/mol. The Balaban J connectivity index is 1.76. The van der Waals surface area contributed by atoms with Crippen LogP contribution < -0.4 is 16.4 Å². The molecule has 3 aromatic rings. The van der Waals surface area contributed by atoms with Gasteiger partial charge in [-0.15, -0.1) is 0 Å². The van der Waals surface area contributed by atoms with Crippen LogP contribution >= 0.6 is 0 Å². The van der Waals surface area contributed by atoms with E-state index in [0.29, 0.717) is 6.54 Å². The van der Waals surface area contributed by atoms with Crippen LogP contribution in [0, 0.1) is 0 Å². The van der Waals surface area contributed by atoms with Gasteiger partial charge in [0.1, 0.15) is 5.82 Å². The first-order valence-electron chi connectivity index (χ1n) is 9.86. The first-order valence-corrected chi connectivity index (χ1v) is 9.86. The number of aromatic nitrogens is 2. The Labute approximate surface area is 167 Å². The Morgan fingerprint density at radius 2 is 1.79 bits per heavy atom. The van der Waals surface area contributed by atoms with Crippen molar-refractivity contribution in [3.8, 4) is 11.3 Å². The summed E-state index contributed by atoms with van der Waals surface area (Å²) in [6.07, 6.45) is 3.84. The molecule has 1 aromatic carbocycles. The van der Waals surface area contributed by atoms with Gasteiger partial charge in [0, 0.05) is 35.9 Å². The lowest BCUT2D eigenvalue weighted by Crippen LogP contribution is -2.16. The molecule has 0 saturated carbocycles. The predicted octanol–water partition coefficient (Wildman–Crippen LogP) is 3.42. The summed E-state index contributed by atoms with van der Waals surface area (Å²) in [7, 11) is 4.19. The van der Waals surface area contributed by atoms with Gasteiger partial charge >= 0.3 is 0 Å². The minimum Gasteiger partial charge on any atom is -0.385 e. The van der Waals surface area contributed by atoms with Gasteiger partial charge in [-0.05, 0) is 70.4 Å². The van der Waals surface area contributed by atoms with Crippen molar-refractivity contribution in [2.45, 2.75) is 12.8 Å². The largest absolute Gasteiger partial charge is 0.385 e. The molecule has 2 heterocycles. The van der Waals surface area contributed by atoms with E-state index in [-0.39, 0.29) is 0 Å². The molecule has 6 heteroatoms. The number of hydrogen-bond donors (Lipinski definition) is 3. The van der Waals surface area contributed by atoms with Crippen molar-refractivity contribution in [1.82, 2.24) is 14.9 Å². The van der Waals surface area contributed by atoms with Crippen LogP contribution in [0.3, 0.4) is 0 Å². The topological polar surface area (TPSA) is 79.1 Å². The molecule has 6 nitrogen and oxygen atoms in total. The van der Waals surface area contributed by atoms with Crippen molar-refractivity contribution in [2.24, 2.45) is 5.73 Å². The standard InChI is InChI=1S/C22H30N6/c1-28(2)15-5-14-24-18-9-7-17(8-10-18)20-16-21-19(6-3-12-25-21)22(27-20)26-13-4-11-23/h3,6-10,12,16,24H,4-5,11,13-15,23H2,1-2H3,(H,26,27). The van der Waals surface area contributed by atoms with Crippen molar-refractivity contribution in [1.29, 1.82) is 0 Å². The molecule has 0 amide bonds. The lowest BCUT2D eigenvalue weighted by molar-refractivity contribution is 0.405. The highest BCUT2D eigenvalue weighted by atomic mass is 15.1. The third-order valence-corrected chi connectivity index (χ3v) is 4.56. The SMILES string of the molecule is CN(C)CCCNc1ccc(-c2cc3ncccc3c(NCCCN)n2)cc1. The van der Waals surface area contributed by atoms with Crippen LogP contribution in [0.15, 0.2) is 48.7 Å². The van der Waals surface area contributed by atoms with Crippen LogP contribution in [0.25, 0.3) is 22.2 Å². The van der Waals surface area contributed by atoms with E-state index in [1.807, 2.05) is 24.4 Å². The van der Waals surface area contributed by atoms with E-state index in [9.17, 15) is 0 Å². The number of rotatable bonds is 10. The van der Waals surface area contributed by atoms with Gasteiger partial charge in [-0.25, -0.2) is 4.98 Å². The zero-order chi connectivity index (χ0) is 19.8. The third-order valence-electron chi connectivity index (χ3n) is 4.56. The zero-order valence-corrected chi connectivity index (χ0v) is 16.8. The Morgan fingerprint density at radius 1 is 1.00 bits per heavy atom. The molecule has 0 spiro atoms. The first kappa shape index (κ1) is 20.0. The Hall–Kier alpha value is -2.70. The number of anilines is 2. The number of pyridine rings is 2. The van der Waals surface area contributed by atoms with E-state index in [1.165, 1.54) is 0 Å². The number of benzene rings is 1. The second kappa shape index (κ2) is 10.0. The normalized spacial score (nSPS) is 11.1. The van der Waals surface area contributed by atoms with Crippen LogP contribution in [-0.4, -0.2) is 55.1 Å². The molecule has 0 aliphatic heterocycles. The van der Waals surface area contributed by atoms with Crippen LogP contribution in [0.2, 0.25) is 0 Å². The van der Waals surface area contributed by atoms with Gasteiger partial charge in [0.2, 0.25) is 0 Å². The van der Waals surface area contributed by atoms with Crippen LogP contribution in [-0.2, 0) is 0 Å². The van der Waals surface area contributed by atoms with Crippen molar-refractivity contribution in [3.63, 3.8) is 0 Å². The molecule has 0 aliphatic carbocycles. The van der Waals surface area contributed by atoms with Crippen LogP contribution in [0.1, 0.15) is 12.8 Å². The van der Waals surface area contributed by atoms with Gasteiger partial charge in [0.15, 0.2) is 0 Å². The Bertz CT molecular complexity index is 876. The lowest BCUT2D eigenvalue weighted by atomic mass is 10.1. The van der Waals surface area contributed by atoms with Gasteiger partial charge < -0.3 is 21.3 Å². The minimum atomic E-state index is 0.659. The molecule has 3 rings (SSSR count). The second-order valence-electron chi connectivity index (χ2n) is 7.16. The number of nitrogens with two attached hydrogens (primary N) is 1. The quantitative estimate of drug-likeness (QED) is 0.469. The molecule has 0 saturated heterocycles. The molecule has 0 atom stereocenters. The average Bonchev–Trinajstić information content (AvgIpc) is 2.71. The van der Waals surface area contributed by atoms with Crippen LogP contribution in [0.4, 0.5) is 11.5 Å². The number of nitrogens with zero attached hydrogens (tertiary/aromatic N) is 3. The Kier molecular flexibility index (Phi) is 7.17. The van der Waals surface area contributed by atoms with Crippen molar-refractivity contribution >= 4 is 22.4 Å². The summed E-state index contributed by atoms with van der Waals surface area (Å²) in [5, 5.41) is 7.91. The molecule has 0 aliphatic rings. The van der Waals surface area contributed by atoms with Gasteiger partial charge in [0.05, 0.1) is 11.2 Å². The highest BCUT2D eigenvalue weighted by Crippen LogP contribution is 2.27. The average molecular weight is 379 g/mol. The van der Waals surface area contributed by atoms with Gasteiger partial charge in [0.25, 0.3) is 0 Å². The molecular formula is C22H30N6. The summed E-state index contributed by atoms with van der Waals surface area (Å²) in [4.78, 5) is 11.6. The van der Waals surface area contributed by atoms with E-state index in [2.05, 4.69) is 58.9 Å². The fourth-order valence-electron chi connectivity index (χ4n) is 3.05.